The van der Waals surface area contributed by atoms with Crippen LogP contribution in [0.4, 0.5) is 45.0 Å². The number of benzene rings is 5. The summed E-state index contributed by atoms with van der Waals surface area (Å²) >= 11 is 3.04. The Kier molecular flexibility index (Phi) is 26.3. The van der Waals surface area contributed by atoms with E-state index in [1.165, 1.54) is 16.2 Å². The number of ether oxygens (including phenoxy) is 4. The van der Waals surface area contributed by atoms with Gasteiger partial charge in [0.05, 0.1) is 59.1 Å². The number of rotatable bonds is 22. The molecule has 10 aromatic heterocycles. The highest BCUT2D eigenvalue weighted by Gasteiger charge is 2.30. The van der Waals surface area contributed by atoms with E-state index in [4.69, 9.17) is 39.0 Å². The van der Waals surface area contributed by atoms with Gasteiger partial charge in [-0.3, -0.25) is 28.1 Å². The Labute approximate surface area is 752 Å². The van der Waals surface area contributed by atoms with E-state index in [-0.39, 0.29) is 46.4 Å². The molecule has 0 bridgehead atoms. The molecule has 4 atom stereocenters. The highest BCUT2D eigenvalue weighted by molar-refractivity contribution is 7.14. The third kappa shape index (κ3) is 19.8. The van der Waals surface area contributed by atoms with Crippen molar-refractivity contribution in [2.75, 3.05) is 128 Å². The van der Waals surface area contributed by atoms with Crippen LogP contribution in [-0.4, -0.2) is 207 Å². The van der Waals surface area contributed by atoms with Crippen LogP contribution in [0.2, 0.25) is 0 Å². The molecule has 5 fully saturated rings. The lowest BCUT2D eigenvalue weighted by Crippen LogP contribution is -2.37. The third-order valence-electron chi connectivity index (χ3n) is 24.1. The van der Waals surface area contributed by atoms with Gasteiger partial charge in [-0.25, -0.2) is 34.0 Å². The molecule has 5 saturated heterocycles. The molecule has 662 valence electrons. The number of morpholine rings is 1. The van der Waals surface area contributed by atoms with Gasteiger partial charge < -0.3 is 60.2 Å². The molecule has 0 amide bonds. The lowest BCUT2D eigenvalue weighted by atomic mass is 9.90. The molecule has 33 heteroatoms. The Bertz CT molecular complexity index is 6700. The molecule has 5 aliphatic heterocycles. The van der Waals surface area contributed by atoms with Gasteiger partial charge in [-0.1, -0.05) is 53.8 Å². The predicted octanol–water partition coefficient (Wildman–Crippen LogP) is 15.2. The van der Waals surface area contributed by atoms with Crippen LogP contribution in [0, 0.1) is 33.5 Å². The van der Waals surface area contributed by atoms with Crippen LogP contribution in [0.15, 0.2) is 196 Å². The van der Waals surface area contributed by atoms with E-state index >= 15 is 4.39 Å². The van der Waals surface area contributed by atoms with Crippen LogP contribution in [0.5, 0.6) is 5.75 Å². The number of aryl methyl sites for hydroxylation is 3. The van der Waals surface area contributed by atoms with Crippen LogP contribution >= 0.6 is 22.7 Å². The first-order chi connectivity index (χ1) is 62.8. The van der Waals surface area contributed by atoms with Gasteiger partial charge in [0.2, 0.25) is 17.8 Å². The monoisotopic (exact) mass is 1770 g/mol. The fraction of sp³-hybridized carbons (Fsp3) is 0.333. The van der Waals surface area contributed by atoms with Crippen molar-refractivity contribution in [3.8, 4) is 60.7 Å². The van der Waals surface area contributed by atoms with E-state index in [1.54, 1.807) is 73.5 Å². The number of aromatic nitrogens is 15. The molecule has 4 unspecified atom stereocenters. The van der Waals surface area contributed by atoms with Gasteiger partial charge in [0, 0.05) is 156 Å². The van der Waals surface area contributed by atoms with E-state index in [2.05, 4.69) is 117 Å². The average molecular weight is 1770 g/mol. The summed E-state index contributed by atoms with van der Waals surface area (Å²) in [6, 6.07) is 48.7. The van der Waals surface area contributed by atoms with Crippen LogP contribution in [-0.2, 0) is 20.8 Å². The highest BCUT2D eigenvalue weighted by atomic mass is 32.1. The number of thiophene rings is 1. The zero-order valence-electron chi connectivity index (χ0n) is 73.2. The zero-order chi connectivity index (χ0) is 88.8. The standard InChI is InChI=1S/C34H33N7O2S.C33H39FN6O3.C29H30N10O2S/c1-21-11-16-30(44-21)41-23(3)31(22(2)39-41)29-18-24-19-36-34(38-32(24)40(33(29)42)26-8-5-4-6-9-26)37-25-12-14-27(15-13-25)43-28-10-7-17-35-20-28;1-38(2)12-13-40-31-25(18-28(32(40)41)27-9-6-24(19-29(27)34)22-10-15-42-16-11-22)20-35-33(37-31)36-26-7-4-23(5-8-26)30-21-39(3)14-17-43-30;1-17-24(13-30-25(33-17)27-37-32-16-42-27)23-11-18-12-31-29(36-26(18)39(28(23)40)22-8-10-41-15-22)35-20-5-3-19(4-6-20)34-21-7-9-38(2)14-21/h4-6,8-9,11-16,18-19,28,35H,7,10,17,20H2,1-3H3,(H,36,37,38);4-9,18-20,22,30H,10-17,21H2,1-3H3,(H,35,36,37);3-6,11-13,16,21-22,34H,7-10,14-15H2,1-2H3,(H,31,35,36). The number of nitrogens with one attached hydrogen (secondary N) is 5. The second kappa shape index (κ2) is 39.0. The van der Waals surface area contributed by atoms with E-state index in [9.17, 15) is 14.4 Å². The Hall–Kier alpha value is -12.8. The van der Waals surface area contributed by atoms with E-state index in [0.717, 1.165) is 162 Å². The van der Waals surface area contributed by atoms with E-state index in [0.29, 0.717) is 125 Å². The normalized spacial score (nSPS) is 17.4. The number of nitrogens with zero attached hydrogens (tertiary/aromatic N) is 18. The maximum Gasteiger partial charge on any atom is 0.264 e. The molecule has 15 aromatic rings. The number of likely N-dealkylation sites (tertiary alicyclic amines) is 1. The number of para-hydroxylation sites is 1. The van der Waals surface area contributed by atoms with Crippen molar-refractivity contribution in [3.63, 3.8) is 0 Å². The second-order valence-electron chi connectivity index (χ2n) is 33.6. The first-order valence-electron chi connectivity index (χ1n) is 43.7. The van der Waals surface area contributed by atoms with Gasteiger partial charge in [-0.05, 0) is 234 Å². The summed E-state index contributed by atoms with van der Waals surface area (Å²) in [7, 11) is 8.15. The number of fused-ring (bicyclic) bond motifs is 3. The summed E-state index contributed by atoms with van der Waals surface area (Å²) < 4.78 is 45.7. The predicted molar refractivity (Wildman–Crippen MR) is 505 cm³/mol. The summed E-state index contributed by atoms with van der Waals surface area (Å²) in [6.45, 7) is 17.9. The van der Waals surface area contributed by atoms with Crippen LogP contribution in [0.3, 0.4) is 0 Å². The molecule has 5 N–H and O–H groups in total. The van der Waals surface area contributed by atoms with Gasteiger partial charge in [0.15, 0.2) is 16.5 Å². The largest absolute Gasteiger partial charge is 0.489 e. The Morgan fingerprint density at radius 2 is 1.25 bits per heavy atom. The maximum atomic E-state index is 15.6. The van der Waals surface area contributed by atoms with E-state index < -0.39 is 5.82 Å². The lowest BCUT2D eigenvalue weighted by molar-refractivity contribution is -0.0208. The van der Waals surface area contributed by atoms with Gasteiger partial charge in [0.1, 0.15) is 39.5 Å². The summed E-state index contributed by atoms with van der Waals surface area (Å²) in [5.41, 5.74) is 14.5. The molecule has 0 spiro atoms. The molecule has 0 saturated carbocycles. The number of piperidine rings is 1. The van der Waals surface area contributed by atoms with Gasteiger partial charge in [-0.2, -0.15) is 20.1 Å². The molecule has 0 aliphatic carbocycles. The van der Waals surface area contributed by atoms with Crippen molar-refractivity contribution in [2.24, 2.45) is 0 Å². The Morgan fingerprint density at radius 3 is 1.88 bits per heavy atom. The van der Waals surface area contributed by atoms with Crippen LogP contribution < -0.4 is 48.0 Å². The Morgan fingerprint density at radius 1 is 0.597 bits per heavy atom. The number of hydrogen-bond acceptors (Lipinski definition) is 28. The summed E-state index contributed by atoms with van der Waals surface area (Å²) in [6.07, 6.45) is 12.9. The molecular weight excluding hydrogens is 1670 g/mol. The van der Waals surface area contributed by atoms with E-state index in [1.807, 2.05) is 154 Å². The summed E-state index contributed by atoms with van der Waals surface area (Å²) in [4.78, 5) is 87.3. The average Bonchev–Trinajstić information content (AvgIpc) is 1.70. The third-order valence-corrected chi connectivity index (χ3v) is 25.7. The first kappa shape index (κ1) is 86.9. The number of halogens is 1. The summed E-state index contributed by atoms with van der Waals surface area (Å²) in [5, 5.41) is 33.4. The summed E-state index contributed by atoms with van der Waals surface area (Å²) in [5.74, 6) is 2.38. The molecule has 30 nitrogen and oxygen atoms in total. The number of hydrogen-bond donors (Lipinski definition) is 5. The number of anilines is 7. The number of pyridine rings is 3. The SMILES string of the molecule is CN(C)CCn1c(=O)c(-c2ccc(C3CCOCC3)cc2F)cc2cnc(Nc3ccc(C4CN(C)CCO4)cc3)nc21.Cc1ccc(-n2nc(C)c(-c3cc4cnc(Nc5ccc(OC6CCCNC6)cc5)nc4n(-c4ccccc4)c3=O)c2C)s1.Cc1nc(-c2nncs2)ncc1-c1cc2cnc(Nc3ccc(NC4CCN(C)C4)cc3)nc2n(C2CCOC2)c1=O. The van der Waals surface area contributed by atoms with Gasteiger partial charge >= 0.3 is 0 Å². The van der Waals surface area contributed by atoms with Crippen LogP contribution in [0.1, 0.15) is 89.7 Å². The van der Waals surface area contributed by atoms with Crippen molar-refractivity contribution in [1.82, 2.24) is 93.6 Å². The number of likely N-dealkylation sites (N-methyl/N-ethyl adjacent to an activating group) is 3. The molecule has 5 aromatic carbocycles. The van der Waals surface area contributed by atoms with Gasteiger partial charge in [-0.15, -0.1) is 21.5 Å². The Balaban J connectivity index is 0.000000130. The molecule has 15 heterocycles. The second-order valence-corrected chi connectivity index (χ2v) is 35.7. The molecule has 5 aliphatic rings. The van der Waals surface area contributed by atoms with Crippen LogP contribution in [0.25, 0.3) is 88.0 Å². The van der Waals surface area contributed by atoms with Gasteiger partial charge in [0.25, 0.3) is 16.7 Å². The fourth-order valence-electron chi connectivity index (χ4n) is 17.2. The molecule has 20 rings (SSSR count). The molecular formula is C96H102FN23O7S2. The quantitative estimate of drug-likeness (QED) is 0.0421. The van der Waals surface area contributed by atoms with Crippen molar-refractivity contribution < 1.29 is 23.3 Å². The minimum atomic E-state index is -0.396. The highest BCUT2D eigenvalue weighted by Crippen LogP contribution is 2.37. The zero-order valence-corrected chi connectivity index (χ0v) is 74.9. The lowest BCUT2D eigenvalue weighted by Gasteiger charge is -2.30. The minimum Gasteiger partial charge on any atom is -0.489 e. The fourth-order valence-corrected chi connectivity index (χ4v) is 18.6. The molecule has 0 radical (unpaired) electrons. The van der Waals surface area contributed by atoms with Crippen molar-refractivity contribution in [2.45, 2.75) is 103 Å². The molecule has 129 heavy (non-hydrogen) atoms. The van der Waals surface area contributed by atoms with Crippen molar-refractivity contribution >= 4 is 96.4 Å². The first-order valence-corrected chi connectivity index (χ1v) is 45.4. The minimum absolute atomic E-state index is 0.0490. The van der Waals surface area contributed by atoms with Crippen molar-refractivity contribution in [1.29, 1.82) is 0 Å². The topological polar surface area (TPSA) is 320 Å². The smallest absolute Gasteiger partial charge is 0.264 e. The van der Waals surface area contributed by atoms with Crippen molar-refractivity contribution in [3.05, 3.63) is 252 Å². The maximum absolute atomic E-state index is 15.6.